The van der Waals surface area contributed by atoms with Crippen LogP contribution in [0.4, 0.5) is 0 Å². The molecule has 0 aliphatic rings. The van der Waals surface area contributed by atoms with Crippen LogP contribution in [-0.4, -0.2) is 16.7 Å². The number of primary amides is 1. The van der Waals surface area contributed by atoms with Crippen molar-refractivity contribution in [2.75, 3.05) is 0 Å². The lowest BCUT2D eigenvalue weighted by atomic mass is 10.0. The van der Waals surface area contributed by atoms with Gasteiger partial charge in [-0.2, -0.15) is 0 Å². The van der Waals surface area contributed by atoms with Gasteiger partial charge in [0.15, 0.2) is 5.78 Å². The summed E-state index contributed by atoms with van der Waals surface area (Å²) in [5.41, 5.74) is 10.0. The number of carbonyl (C=O) groups excluding carboxylic acids is 2. The number of benzene rings is 2. The van der Waals surface area contributed by atoms with Crippen molar-refractivity contribution < 1.29 is 14.3 Å². The van der Waals surface area contributed by atoms with Crippen molar-refractivity contribution in [1.29, 1.82) is 0 Å². The van der Waals surface area contributed by atoms with Gasteiger partial charge in [-0.25, -0.2) is 0 Å². The van der Waals surface area contributed by atoms with E-state index < -0.39 is 5.91 Å². The Bertz CT molecular complexity index is 995. The van der Waals surface area contributed by atoms with E-state index in [1.807, 2.05) is 31.2 Å². The predicted molar refractivity (Wildman–Crippen MR) is 104 cm³/mol. The van der Waals surface area contributed by atoms with Crippen molar-refractivity contribution >= 4 is 11.7 Å². The third-order valence-corrected chi connectivity index (χ3v) is 4.28. The molecule has 1 aromatic heterocycles. The van der Waals surface area contributed by atoms with Gasteiger partial charge in [0.05, 0.1) is 5.69 Å². The Morgan fingerprint density at radius 2 is 1.78 bits per heavy atom. The molecule has 3 rings (SSSR count). The molecule has 136 valence electrons. The summed E-state index contributed by atoms with van der Waals surface area (Å²) in [7, 11) is 0. The van der Waals surface area contributed by atoms with E-state index in [-0.39, 0.29) is 5.78 Å². The lowest BCUT2D eigenvalue weighted by Gasteiger charge is -2.09. The minimum atomic E-state index is -0.440. The van der Waals surface area contributed by atoms with Crippen molar-refractivity contribution in [1.82, 2.24) is 4.98 Å². The fourth-order valence-corrected chi connectivity index (χ4v) is 2.77. The van der Waals surface area contributed by atoms with Crippen LogP contribution in [0, 0.1) is 6.92 Å². The molecule has 1 amide bonds. The van der Waals surface area contributed by atoms with Crippen molar-refractivity contribution in [2.24, 2.45) is 5.73 Å². The van der Waals surface area contributed by atoms with E-state index in [1.54, 1.807) is 36.5 Å². The number of rotatable bonds is 6. The second-order valence-electron chi connectivity index (χ2n) is 6.31. The van der Waals surface area contributed by atoms with E-state index >= 15 is 0 Å². The molecule has 0 saturated carbocycles. The fourth-order valence-electron chi connectivity index (χ4n) is 2.77. The summed E-state index contributed by atoms with van der Waals surface area (Å²) in [6.07, 6.45) is 1.73. The fraction of sp³-hybridized carbons (Fsp3) is 0.136. The molecular formula is C22H20N2O3. The summed E-state index contributed by atoms with van der Waals surface area (Å²) in [6, 6.07) is 16.3. The van der Waals surface area contributed by atoms with Gasteiger partial charge in [0.2, 0.25) is 5.91 Å². The predicted octanol–water partition coefficient (Wildman–Crippen LogP) is 3.94. The average Bonchev–Trinajstić information content (AvgIpc) is 2.66. The molecule has 5 nitrogen and oxygen atoms in total. The minimum Gasteiger partial charge on any atom is -0.489 e. The first-order valence-electron chi connectivity index (χ1n) is 8.53. The van der Waals surface area contributed by atoms with E-state index in [2.05, 4.69) is 4.98 Å². The molecule has 27 heavy (non-hydrogen) atoms. The van der Waals surface area contributed by atoms with Gasteiger partial charge in [-0.3, -0.25) is 14.6 Å². The molecule has 2 aromatic carbocycles. The van der Waals surface area contributed by atoms with Crippen LogP contribution in [0.1, 0.15) is 38.8 Å². The molecule has 0 saturated heterocycles. The molecular weight excluding hydrogens is 340 g/mol. The molecule has 5 heteroatoms. The molecule has 2 N–H and O–H groups in total. The summed E-state index contributed by atoms with van der Waals surface area (Å²) < 4.78 is 5.79. The van der Waals surface area contributed by atoms with Crippen LogP contribution < -0.4 is 10.5 Å². The molecule has 3 aromatic rings. The van der Waals surface area contributed by atoms with Gasteiger partial charge in [0.1, 0.15) is 12.4 Å². The van der Waals surface area contributed by atoms with Gasteiger partial charge in [0.25, 0.3) is 0 Å². The Morgan fingerprint density at radius 3 is 2.41 bits per heavy atom. The smallest absolute Gasteiger partial charge is 0.248 e. The first kappa shape index (κ1) is 18.3. The van der Waals surface area contributed by atoms with Gasteiger partial charge >= 0.3 is 0 Å². The zero-order valence-electron chi connectivity index (χ0n) is 15.2. The van der Waals surface area contributed by atoms with Crippen molar-refractivity contribution in [3.8, 4) is 17.0 Å². The van der Waals surface area contributed by atoms with Crippen LogP contribution in [0.3, 0.4) is 0 Å². The lowest BCUT2D eigenvalue weighted by molar-refractivity contribution is 0.0995. The topological polar surface area (TPSA) is 82.3 Å². The molecule has 0 unspecified atom stereocenters. The highest BCUT2D eigenvalue weighted by Crippen LogP contribution is 2.22. The Kier molecular flexibility index (Phi) is 5.31. The van der Waals surface area contributed by atoms with E-state index in [9.17, 15) is 9.59 Å². The second-order valence-corrected chi connectivity index (χ2v) is 6.31. The van der Waals surface area contributed by atoms with E-state index in [1.165, 1.54) is 6.92 Å². The van der Waals surface area contributed by atoms with Crippen LogP contribution >= 0.6 is 0 Å². The monoisotopic (exact) mass is 360 g/mol. The van der Waals surface area contributed by atoms with Crippen LogP contribution in [0.5, 0.6) is 5.75 Å². The van der Waals surface area contributed by atoms with E-state index in [0.29, 0.717) is 23.5 Å². The highest BCUT2D eigenvalue weighted by molar-refractivity contribution is 5.95. The molecule has 0 fully saturated rings. The van der Waals surface area contributed by atoms with Gasteiger partial charge in [0, 0.05) is 22.9 Å². The molecule has 0 radical (unpaired) electrons. The number of aryl methyl sites for hydroxylation is 1. The minimum absolute atomic E-state index is 0.0259. The highest BCUT2D eigenvalue weighted by Gasteiger charge is 2.08. The van der Waals surface area contributed by atoms with Gasteiger partial charge in [-0.1, -0.05) is 6.07 Å². The Morgan fingerprint density at radius 1 is 1.04 bits per heavy atom. The standard InChI is InChI=1S/C22H20N2O3/c1-14-11-18(5-8-20(14)22(23)26)21-12-16(9-10-24-21)13-27-19-6-3-17(4-7-19)15(2)25/h3-12H,13H2,1-2H3,(H2,23,26). The SMILES string of the molecule is CC(=O)c1ccc(OCc2ccnc(-c3ccc(C(N)=O)c(C)c3)c2)cc1. The summed E-state index contributed by atoms with van der Waals surface area (Å²) >= 11 is 0. The maximum Gasteiger partial charge on any atom is 0.248 e. The molecule has 0 atom stereocenters. The van der Waals surface area contributed by atoms with Crippen molar-refractivity contribution in [3.05, 3.63) is 83.0 Å². The number of nitrogens with zero attached hydrogens (tertiary/aromatic N) is 1. The summed E-state index contributed by atoms with van der Waals surface area (Å²) in [5, 5.41) is 0. The quantitative estimate of drug-likeness (QED) is 0.675. The Hall–Kier alpha value is -3.47. The lowest BCUT2D eigenvalue weighted by Crippen LogP contribution is -2.12. The van der Waals surface area contributed by atoms with Gasteiger partial charge in [-0.05, 0) is 73.5 Å². The second kappa shape index (κ2) is 7.83. The molecule has 0 bridgehead atoms. The summed E-state index contributed by atoms with van der Waals surface area (Å²) in [4.78, 5) is 27.1. The largest absolute Gasteiger partial charge is 0.489 e. The number of nitrogens with two attached hydrogens (primary N) is 1. The van der Waals surface area contributed by atoms with Crippen LogP contribution in [-0.2, 0) is 6.61 Å². The number of aromatic nitrogens is 1. The van der Waals surface area contributed by atoms with Crippen LogP contribution in [0.2, 0.25) is 0 Å². The van der Waals surface area contributed by atoms with Gasteiger partial charge < -0.3 is 10.5 Å². The van der Waals surface area contributed by atoms with Crippen LogP contribution in [0.15, 0.2) is 60.8 Å². The van der Waals surface area contributed by atoms with Crippen LogP contribution in [0.25, 0.3) is 11.3 Å². The number of ketones is 1. The number of pyridine rings is 1. The summed E-state index contributed by atoms with van der Waals surface area (Å²) in [5.74, 6) is 0.281. The Labute approximate surface area is 157 Å². The van der Waals surface area contributed by atoms with Crippen molar-refractivity contribution in [3.63, 3.8) is 0 Å². The first-order chi connectivity index (χ1) is 12.9. The number of carbonyl (C=O) groups is 2. The molecule has 0 aliphatic carbocycles. The summed E-state index contributed by atoms with van der Waals surface area (Å²) in [6.45, 7) is 3.76. The normalized spacial score (nSPS) is 10.4. The number of hydrogen-bond donors (Lipinski definition) is 1. The van der Waals surface area contributed by atoms with Gasteiger partial charge in [-0.15, -0.1) is 0 Å². The number of amides is 1. The molecule has 0 spiro atoms. The highest BCUT2D eigenvalue weighted by atomic mass is 16.5. The van der Waals surface area contributed by atoms with E-state index in [4.69, 9.17) is 10.5 Å². The maximum atomic E-state index is 11.4. The first-order valence-corrected chi connectivity index (χ1v) is 8.53. The third kappa shape index (κ3) is 4.39. The van der Waals surface area contributed by atoms with Crippen molar-refractivity contribution in [2.45, 2.75) is 20.5 Å². The number of hydrogen-bond acceptors (Lipinski definition) is 4. The molecule has 1 heterocycles. The molecule has 0 aliphatic heterocycles. The number of Topliss-reactive ketones (excluding diaryl/α,β-unsaturated/α-hetero) is 1. The zero-order valence-corrected chi connectivity index (χ0v) is 15.2. The number of ether oxygens (including phenoxy) is 1. The average molecular weight is 360 g/mol. The van der Waals surface area contributed by atoms with E-state index in [0.717, 1.165) is 22.4 Å². The maximum absolute atomic E-state index is 11.4. The zero-order chi connectivity index (χ0) is 19.4. The third-order valence-electron chi connectivity index (χ3n) is 4.28. The Balaban J connectivity index is 1.74.